The normalized spacial score (nSPS) is 32.9. The van der Waals surface area contributed by atoms with E-state index in [9.17, 15) is 0 Å². The smallest absolute Gasteiger partial charge is 0.165 e. The molecular formula is C12H15N5O2S. The molecule has 0 spiro atoms. The molecule has 2 fully saturated rings. The zero-order valence-electron chi connectivity index (χ0n) is 11.0. The molecule has 0 aliphatic carbocycles. The molecule has 0 amide bonds. The van der Waals surface area contributed by atoms with E-state index in [2.05, 4.69) is 21.2 Å². The highest BCUT2D eigenvalue weighted by Crippen LogP contribution is 2.39. The number of anilines is 1. The second-order valence-electron chi connectivity index (χ2n) is 5.02. The first kappa shape index (κ1) is 12.4. The first-order valence-corrected chi connectivity index (χ1v) is 7.77. The molecule has 0 saturated carbocycles. The van der Waals surface area contributed by atoms with Crippen LogP contribution in [0.1, 0.15) is 6.04 Å². The van der Waals surface area contributed by atoms with Gasteiger partial charge < -0.3 is 19.8 Å². The van der Waals surface area contributed by atoms with Crippen LogP contribution in [0.15, 0.2) is 12.7 Å². The van der Waals surface area contributed by atoms with Crippen LogP contribution in [0.4, 0.5) is 5.82 Å². The van der Waals surface area contributed by atoms with E-state index in [1.165, 1.54) is 6.33 Å². The van der Waals surface area contributed by atoms with Gasteiger partial charge in [0.25, 0.3) is 0 Å². The van der Waals surface area contributed by atoms with Crippen LogP contribution >= 0.6 is 11.8 Å². The van der Waals surface area contributed by atoms with Crippen molar-refractivity contribution in [3.8, 4) is 0 Å². The lowest BCUT2D eigenvalue weighted by molar-refractivity contribution is 0.0655. The zero-order chi connectivity index (χ0) is 13.7. The third-order valence-corrected chi connectivity index (χ3v) is 5.04. The van der Waals surface area contributed by atoms with Gasteiger partial charge in [-0.25, -0.2) is 15.0 Å². The van der Waals surface area contributed by atoms with Gasteiger partial charge in [-0.05, 0) is 6.26 Å². The zero-order valence-corrected chi connectivity index (χ0v) is 11.8. The second kappa shape index (κ2) is 4.57. The van der Waals surface area contributed by atoms with Gasteiger partial charge in [-0.1, -0.05) is 0 Å². The quantitative estimate of drug-likeness (QED) is 0.861. The number of fused-ring (bicyclic) bond motifs is 2. The summed E-state index contributed by atoms with van der Waals surface area (Å²) in [6, 6.07) is 0.0939. The van der Waals surface area contributed by atoms with Crippen LogP contribution in [0.25, 0.3) is 11.2 Å². The molecule has 106 valence electrons. The fourth-order valence-corrected chi connectivity index (χ4v) is 3.71. The van der Waals surface area contributed by atoms with Gasteiger partial charge in [0, 0.05) is 0 Å². The fraction of sp³-hybridized carbons (Fsp3) is 0.583. The lowest BCUT2D eigenvalue weighted by Gasteiger charge is -2.17. The predicted molar refractivity (Wildman–Crippen MR) is 75.6 cm³/mol. The minimum Gasteiger partial charge on any atom is -0.382 e. The number of ether oxygens (including phenoxy) is 2. The highest BCUT2D eigenvalue weighted by Gasteiger charge is 2.48. The van der Waals surface area contributed by atoms with Crippen molar-refractivity contribution in [1.82, 2.24) is 19.5 Å². The predicted octanol–water partition coefficient (Wildman–Crippen LogP) is 0.479. The maximum absolute atomic E-state index is 5.93. The molecule has 4 heterocycles. The molecule has 2 saturated heterocycles. The van der Waals surface area contributed by atoms with Crippen molar-refractivity contribution >= 4 is 28.7 Å². The Balaban J connectivity index is 1.72. The van der Waals surface area contributed by atoms with Crippen molar-refractivity contribution in [3.05, 3.63) is 12.7 Å². The van der Waals surface area contributed by atoms with Crippen molar-refractivity contribution in [2.45, 2.75) is 23.5 Å². The van der Waals surface area contributed by atoms with Crippen LogP contribution in [0.3, 0.4) is 0 Å². The molecule has 2 unspecified atom stereocenters. The number of thioether (sulfide) groups is 1. The minimum absolute atomic E-state index is 0.0565. The van der Waals surface area contributed by atoms with Crippen LogP contribution in [-0.2, 0) is 9.47 Å². The van der Waals surface area contributed by atoms with Gasteiger partial charge in [0.15, 0.2) is 11.5 Å². The number of imidazole rings is 1. The largest absolute Gasteiger partial charge is 0.382 e. The fourth-order valence-electron chi connectivity index (χ4n) is 3.00. The van der Waals surface area contributed by atoms with Gasteiger partial charge >= 0.3 is 0 Å². The van der Waals surface area contributed by atoms with E-state index in [1.54, 1.807) is 18.1 Å². The molecule has 8 heteroatoms. The van der Waals surface area contributed by atoms with E-state index in [1.807, 2.05) is 4.57 Å². The molecule has 0 radical (unpaired) electrons. The number of rotatable bonds is 2. The Morgan fingerprint density at radius 2 is 2.10 bits per heavy atom. The van der Waals surface area contributed by atoms with Crippen molar-refractivity contribution < 1.29 is 9.47 Å². The minimum atomic E-state index is 0.0565. The lowest BCUT2D eigenvalue weighted by Crippen LogP contribution is -2.28. The number of nitrogen functional groups attached to an aromatic ring is 1. The number of hydrogen-bond acceptors (Lipinski definition) is 7. The Hall–Kier alpha value is -1.38. The van der Waals surface area contributed by atoms with Crippen molar-refractivity contribution in [2.24, 2.45) is 0 Å². The maximum Gasteiger partial charge on any atom is 0.165 e. The van der Waals surface area contributed by atoms with E-state index in [0.717, 1.165) is 12.3 Å². The summed E-state index contributed by atoms with van der Waals surface area (Å²) in [5.74, 6) is 0.401. The molecule has 2 aliphatic rings. The Morgan fingerprint density at radius 3 is 2.95 bits per heavy atom. The highest BCUT2D eigenvalue weighted by molar-refractivity contribution is 7.99. The van der Waals surface area contributed by atoms with Crippen LogP contribution in [0.5, 0.6) is 0 Å². The van der Waals surface area contributed by atoms with Gasteiger partial charge in [0.2, 0.25) is 0 Å². The molecule has 0 bridgehead atoms. The Bertz CT molecular complexity index is 648. The first-order chi connectivity index (χ1) is 9.79. The third kappa shape index (κ3) is 1.65. The van der Waals surface area contributed by atoms with Crippen molar-refractivity contribution in [2.75, 3.05) is 25.2 Å². The van der Waals surface area contributed by atoms with Crippen molar-refractivity contribution in [3.63, 3.8) is 0 Å². The summed E-state index contributed by atoms with van der Waals surface area (Å²) in [5, 5.41) is 0.402. The van der Waals surface area contributed by atoms with E-state index in [0.29, 0.717) is 23.2 Å². The van der Waals surface area contributed by atoms with Gasteiger partial charge in [-0.3, -0.25) is 0 Å². The van der Waals surface area contributed by atoms with Gasteiger partial charge in [-0.2, -0.15) is 11.8 Å². The van der Waals surface area contributed by atoms with Crippen molar-refractivity contribution in [1.29, 1.82) is 0 Å². The molecule has 2 aromatic rings. The Kier molecular flexibility index (Phi) is 2.83. The molecule has 4 atom stereocenters. The first-order valence-electron chi connectivity index (χ1n) is 6.48. The molecule has 4 rings (SSSR count). The molecule has 7 nitrogen and oxygen atoms in total. The highest BCUT2D eigenvalue weighted by atomic mass is 32.2. The van der Waals surface area contributed by atoms with Gasteiger partial charge in [-0.15, -0.1) is 0 Å². The van der Waals surface area contributed by atoms with E-state index in [4.69, 9.17) is 15.2 Å². The standard InChI is InChI=1S/C12H15N5O2S/c1-20-7-3-19-9-6(2-18-10(7)9)17-5-16-8-11(13)14-4-15-12(8)17/h4-7,9-10H,2-3H2,1H3,(H2,13,14,15)/t6-,7+,9?,10?/m1/s1. The van der Waals surface area contributed by atoms with Crippen LogP contribution < -0.4 is 5.73 Å². The summed E-state index contributed by atoms with van der Waals surface area (Å²) in [7, 11) is 0. The summed E-state index contributed by atoms with van der Waals surface area (Å²) in [4.78, 5) is 12.6. The number of hydrogen-bond donors (Lipinski definition) is 1. The molecule has 2 aromatic heterocycles. The summed E-state index contributed by atoms with van der Waals surface area (Å²) >= 11 is 1.79. The average molecular weight is 293 g/mol. The monoisotopic (exact) mass is 293 g/mol. The molecule has 20 heavy (non-hydrogen) atoms. The van der Waals surface area contributed by atoms with Crippen LogP contribution in [-0.4, -0.2) is 56.4 Å². The third-order valence-electron chi connectivity index (χ3n) is 4.03. The SMILES string of the molecule is CS[C@H]1COC2C1OC[C@H]2n1cnc2c(N)ncnc21. The summed E-state index contributed by atoms with van der Waals surface area (Å²) in [6.07, 6.45) is 5.51. The number of nitrogens with two attached hydrogens (primary N) is 1. The molecule has 0 aromatic carbocycles. The maximum atomic E-state index is 5.93. The van der Waals surface area contributed by atoms with Crippen LogP contribution in [0.2, 0.25) is 0 Å². The summed E-state index contributed by atoms with van der Waals surface area (Å²) < 4.78 is 13.9. The average Bonchev–Trinajstić information content (AvgIpc) is 3.11. The van der Waals surface area contributed by atoms with Gasteiger partial charge in [0.1, 0.15) is 17.9 Å². The molecular weight excluding hydrogens is 278 g/mol. The molecule has 2 aliphatic heterocycles. The van der Waals surface area contributed by atoms with E-state index < -0.39 is 0 Å². The van der Waals surface area contributed by atoms with Crippen LogP contribution in [0, 0.1) is 0 Å². The van der Waals surface area contributed by atoms with E-state index >= 15 is 0 Å². The molecule has 2 N–H and O–H groups in total. The number of nitrogens with zero attached hydrogens (tertiary/aromatic N) is 4. The summed E-state index contributed by atoms with van der Waals surface area (Å²) in [5.41, 5.74) is 7.20. The lowest BCUT2D eigenvalue weighted by atomic mass is 10.1. The Labute approximate surface area is 119 Å². The topological polar surface area (TPSA) is 88.1 Å². The van der Waals surface area contributed by atoms with E-state index in [-0.39, 0.29) is 18.2 Å². The summed E-state index contributed by atoms with van der Waals surface area (Å²) in [6.45, 7) is 1.35. The van der Waals surface area contributed by atoms with Gasteiger partial charge in [0.05, 0.1) is 36.9 Å². The second-order valence-corrected chi connectivity index (χ2v) is 6.10. The number of aromatic nitrogens is 4. The Morgan fingerprint density at radius 1 is 1.25 bits per heavy atom.